The summed E-state index contributed by atoms with van der Waals surface area (Å²) in [6.45, 7) is 8.33. The fraction of sp³-hybridized carbons (Fsp3) is 0.684. The number of sulfonamides is 1. The van der Waals surface area contributed by atoms with Crippen molar-refractivity contribution in [2.24, 2.45) is 5.92 Å². The Morgan fingerprint density at radius 1 is 1.08 bits per heavy atom. The quantitative estimate of drug-likeness (QED) is 0.804. The van der Waals surface area contributed by atoms with E-state index in [0.29, 0.717) is 12.5 Å². The summed E-state index contributed by atoms with van der Waals surface area (Å²) in [6, 6.07) is 8.19. The van der Waals surface area contributed by atoms with Gasteiger partial charge in [-0.1, -0.05) is 38.8 Å². The first-order valence-electron chi connectivity index (χ1n) is 9.03. The molecule has 1 aromatic rings. The van der Waals surface area contributed by atoms with Crippen LogP contribution in [0.15, 0.2) is 24.3 Å². The molecule has 1 fully saturated rings. The van der Waals surface area contributed by atoms with Crippen LogP contribution in [0, 0.1) is 5.92 Å². The van der Waals surface area contributed by atoms with Gasteiger partial charge in [-0.15, -0.1) is 0 Å². The van der Waals surface area contributed by atoms with E-state index in [9.17, 15) is 8.42 Å². The Labute approximate surface area is 147 Å². The van der Waals surface area contributed by atoms with Gasteiger partial charge in [-0.25, -0.2) is 13.1 Å². The highest BCUT2D eigenvalue weighted by Crippen LogP contribution is 2.27. The normalized spacial score (nSPS) is 22.1. The van der Waals surface area contributed by atoms with Crippen molar-refractivity contribution in [1.82, 2.24) is 4.72 Å². The van der Waals surface area contributed by atoms with Crippen LogP contribution < -0.4 is 9.46 Å². The minimum atomic E-state index is -3.23. The Morgan fingerprint density at radius 3 is 2.29 bits per heavy atom. The summed E-state index contributed by atoms with van der Waals surface area (Å²) in [6.07, 6.45) is 4.12. The number of hydrogen-bond donors (Lipinski definition) is 1. The zero-order valence-electron chi connectivity index (χ0n) is 15.3. The average Bonchev–Trinajstić information content (AvgIpc) is 2.54. The van der Waals surface area contributed by atoms with E-state index < -0.39 is 15.3 Å². The zero-order chi connectivity index (χ0) is 17.7. The van der Waals surface area contributed by atoms with Crippen molar-refractivity contribution in [3.05, 3.63) is 29.8 Å². The van der Waals surface area contributed by atoms with E-state index in [-0.39, 0.29) is 12.0 Å². The molecule has 0 heterocycles. The van der Waals surface area contributed by atoms with E-state index >= 15 is 0 Å². The minimum Gasteiger partial charge on any atom is -0.493 e. The van der Waals surface area contributed by atoms with Crippen LogP contribution in [0.1, 0.15) is 64.9 Å². The SMILES string of the molecule is CC(C)c1ccc(OC[C@@H]2CCCC[C@H]2NS(=O)(=O)C(C)C)cc1. The molecule has 1 aliphatic rings. The van der Waals surface area contributed by atoms with E-state index in [4.69, 9.17) is 4.74 Å². The van der Waals surface area contributed by atoms with Gasteiger partial charge in [0.15, 0.2) is 0 Å². The van der Waals surface area contributed by atoms with Gasteiger partial charge in [-0.05, 0) is 50.3 Å². The van der Waals surface area contributed by atoms with Gasteiger partial charge < -0.3 is 4.74 Å². The summed E-state index contributed by atoms with van der Waals surface area (Å²) < 4.78 is 33.2. The lowest BCUT2D eigenvalue weighted by Gasteiger charge is -2.32. The molecule has 0 spiro atoms. The molecule has 1 saturated carbocycles. The molecule has 0 aliphatic heterocycles. The molecule has 0 bridgehead atoms. The van der Waals surface area contributed by atoms with Crippen molar-refractivity contribution in [3.8, 4) is 5.75 Å². The van der Waals surface area contributed by atoms with E-state index in [0.717, 1.165) is 31.4 Å². The van der Waals surface area contributed by atoms with Crippen molar-refractivity contribution in [3.63, 3.8) is 0 Å². The molecule has 0 amide bonds. The molecule has 1 N–H and O–H groups in total. The highest BCUT2D eigenvalue weighted by molar-refractivity contribution is 7.90. The molecule has 0 unspecified atom stereocenters. The van der Waals surface area contributed by atoms with Crippen LogP contribution in [0.4, 0.5) is 0 Å². The Balaban J connectivity index is 1.96. The molecule has 0 aromatic heterocycles. The largest absolute Gasteiger partial charge is 0.493 e. The summed E-state index contributed by atoms with van der Waals surface area (Å²) in [5.41, 5.74) is 1.29. The first kappa shape index (κ1) is 19.3. The number of rotatable bonds is 7. The van der Waals surface area contributed by atoms with Crippen LogP contribution in [0.3, 0.4) is 0 Å². The van der Waals surface area contributed by atoms with E-state index in [2.05, 4.69) is 30.7 Å². The summed E-state index contributed by atoms with van der Waals surface area (Å²) in [5, 5.41) is -0.399. The number of benzene rings is 1. The van der Waals surface area contributed by atoms with Gasteiger partial charge in [0, 0.05) is 12.0 Å². The Kier molecular flexibility index (Phi) is 6.70. The average molecular weight is 354 g/mol. The summed E-state index contributed by atoms with van der Waals surface area (Å²) in [4.78, 5) is 0. The molecule has 0 saturated heterocycles. The van der Waals surface area contributed by atoms with E-state index in [1.807, 2.05) is 12.1 Å². The maximum Gasteiger partial charge on any atom is 0.214 e. The smallest absolute Gasteiger partial charge is 0.214 e. The van der Waals surface area contributed by atoms with Crippen molar-refractivity contribution < 1.29 is 13.2 Å². The zero-order valence-corrected chi connectivity index (χ0v) is 16.1. The van der Waals surface area contributed by atoms with Gasteiger partial charge in [0.25, 0.3) is 0 Å². The number of ether oxygens (including phenoxy) is 1. The fourth-order valence-electron chi connectivity index (χ4n) is 3.06. The number of nitrogens with one attached hydrogen (secondary N) is 1. The molecule has 5 heteroatoms. The molecule has 1 aliphatic carbocycles. The Bertz CT molecular complexity index is 608. The molecular weight excluding hydrogens is 322 g/mol. The summed E-state index contributed by atoms with van der Waals surface area (Å²) in [7, 11) is -3.23. The van der Waals surface area contributed by atoms with Crippen LogP contribution >= 0.6 is 0 Å². The van der Waals surface area contributed by atoms with Gasteiger partial charge in [0.2, 0.25) is 10.0 Å². The second-order valence-corrected chi connectivity index (χ2v) is 9.67. The summed E-state index contributed by atoms with van der Waals surface area (Å²) >= 11 is 0. The fourth-order valence-corrected chi connectivity index (χ4v) is 4.07. The first-order valence-corrected chi connectivity index (χ1v) is 10.6. The monoisotopic (exact) mass is 353 g/mol. The molecule has 2 rings (SSSR count). The predicted octanol–water partition coefficient (Wildman–Crippen LogP) is 4.08. The highest BCUT2D eigenvalue weighted by Gasteiger charge is 2.30. The minimum absolute atomic E-state index is 0.0129. The van der Waals surface area contributed by atoms with Gasteiger partial charge in [-0.3, -0.25) is 0 Å². The highest BCUT2D eigenvalue weighted by atomic mass is 32.2. The standard InChI is InChI=1S/C19H31NO3S/c1-14(2)16-9-11-18(12-10-16)23-13-17-7-5-6-8-19(17)20-24(21,22)15(3)4/h9-12,14-15,17,19-20H,5-8,13H2,1-4H3/t17-,19+/m0/s1. The maximum atomic E-state index is 12.2. The van der Waals surface area contributed by atoms with E-state index in [1.54, 1.807) is 13.8 Å². The van der Waals surface area contributed by atoms with Gasteiger partial charge in [-0.2, -0.15) is 0 Å². The molecule has 0 radical (unpaired) electrons. The van der Waals surface area contributed by atoms with Crippen LogP contribution in [0.25, 0.3) is 0 Å². The Morgan fingerprint density at radius 2 is 1.71 bits per heavy atom. The maximum absolute atomic E-state index is 12.2. The third-order valence-electron chi connectivity index (χ3n) is 4.86. The van der Waals surface area contributed by atoms with Gasteiger partial charge in [0.1, 0.15) is 5.75 Å². The van der Waals surface area contributed by atoms with Crippen LogP contribution in [-0.2, 0) is 10.0 Å². The molecule has 24 heavy (non-hydrogen) atoms. The topological polar surface area (TPSA) is 55.4 Å². The van der Waals surface area contributed by atoms with Crippen LogP contribution in [-0.4, -0.2) is 26.3 Å². The number of hydrogen-bond acceptors (Lipinski definition) is 3. The molecule has 1 aromatic carbocycles. The van der Waals surface area contributed by atoms with E-state index in [1.165, 1.54) is 5.56 Å². The summed E-state index contributed by atoms with van der Waals surface area (Å²) in [5.74, 6) is 1.60. The Hall–Kier alpha value is -1.07. The first-order chi connectivity index (χ1) is 11.3. The second kappa shape index (κ2) is 8.34. The second-order valence-electron chi connectivity index (χ2n) is 7.40. The van der Waals surface area contributed by atoms with Gasteiger partial charge >= 0.3 is 0 Å². The third-order valence-corrected chi connectivity index (χ3v) is 6.73. The third kappa shape index (κ3) is 5.21. The van der Waals surface area contributed by atoms with Crippen molar-refractivity contribution >= 4 is 10.0 Å². The van der Waals surface area contributed by atoms with Crippen LogP contribution in [0.2, 0.25) is 0 Å². The van der Waals surface area contributed by atoms with Crippen LogP contribution in [0.5, 0.6) is 5.75 Å². The molecule has 4 nitrogen and oxygen atoms in total. The van der Waals surface area contributed by atoms with Crippen molar-refractivity contribution in [1.29, 1.82) is 0 Å². The lowest BCUT2D eigenvalue weighted by atomic mass is 9.86. The predicted molar refractivity (Wildman–Crippen MR) is 99.0 cm³/mol. The van der Waals surface area contributed by atoms with Crippen molar-refractivity contribution in [2.75, 3.05) is 6.61 Å². The molecule has 2 atom stereocenters. The molecule has 136 valence electrons. The van der Waals surface area contributed by atoms with Crippen molar-refractivity contribution in [2.45, 2.75) is 70.6 Å². The molecular formula is C19H31NO3S. The van der Waals surface area contributed by atoms with Gasteiger partial charge in [0.05, 0.1) is 11.9 Å². The lowest BCUT2D eigenvalue weighted by Crippen LogP contribution is -2.46. The lowest BCUT2D eigenvalue weighted by molar-refractivity contribution is 0.180.